The second-order valence-electron chi connectivity index (χ2n) is 5.53. The van der Waals surface area contributed by atoms with Crippen LogP contribution in [0.1, 0.15) is 5.56 Å². The summed E-state index contributed by atoms with van der Waals surface area (Å²) in [6, 6.07) is 14.0. The van der Waals surface area contributed by atoms with Crippen molar-refractivity contribution in [2.24, 2.45) is 0 Å². The lowest BCUT2D eigenvalue weighted by atomic mass is 10.2. The van der Waals surface area contributed by atoms with Crippen LogP contribution in [0.15, 0.2) is 53.7 Å². The van der Waals surface area contributed by atoms with Gasteiger partial charge in [0.05, 0.1) is 7.11 Å². The Morgan fingerprint density at radius 1 is 1.04 bits per heavy atom. The molecule has 0 spiro atoms. The zero-order chi connectivity index (χ0) is 19.2. The van der Waals surface area contributed by atoms with Gasteiger partial charge < -0.3 is 15.3 Å². The van der Waals surface area contributed by atoms with E-state index in [2.05, 4.69) is 14.9 Å². The predicted octanol–water partition coefficient (Wildman–Crippen LogP) is 3.60. The third kappa shape index (κ3) is 4.88. The normalized spacial score (nSPS) is 11.0. The molecule has 0 aliphatic carbocycles. The first-order valence-corrected chi connectivity index (χ1v) is 9.07. The molecule has 3 aromatic rings. The Morgan fingerprint density at radius 2 is 1.70 bits per heavy atom. The van der Waals surface area contributed by atoms with Gasteiger partial charge in [0.2, 0.25) is 5.16 Å². The van der Waals surface area contributed by atoms with Crippen LogP contribution in [0.4, 0.5) is 8.78 Å². The van der Waals surface area contributed by atoms with Crippen molar-refractivity contribution in [3.8, 4) is 22.9 Å². The standard InChI is InChI=1S/C18H18F2N4O2S/c1-25-14-6-2-12(3-7-14)10-11-27-18-23-22-16(24(18)21)13-4-8-15(9-5-13)26-17(19)20/h2-9,17H,10-11,21H2,1H3. The highest BCUT2D eigenvalue weighted by molar-refractivity contribution is 7.99. The predicted molar refractivity (Wildman–Crippen MR) is 99.7 cm³/mol. The summed E-state index contributed by atoms with van der Waals surface area (Å²) < 4.78 is 35.3. The zero-order valence-electron chi connectivity index (χ0n) is 14.5. The van der Waals surface area contributed by atoms with Gasteiger partial charge >= 0.3 is 6.61 Å². The highest BCUT2D eigenvalue weighted by Gasteiger charge is 2.13. The fourth-order valence-corrected chi connectivity index (χ4v) is 3.25. The molecule has 6 nitrogen and oxygen atoms in total. The van der Waals surface area contributed by atoms with Crippen molar-refractivity contribution in [2.75, 3.05) is 18.7 Å². The number of nitrogens with zero attached hydrogens (tertiary/aromatic N) is 3. The fourth-order valence-electron chi connectivity index (χ4n) is 2.41. The smallest absolute Gasteiger partial charge is 0.387 e. The van der Waals surface area contributed by atoms with Crippen molar-refractivity contribution >= 4 is 11.8 Å². The van der Waals surface area contributed by atoms with E-state index in [9.17, 15) is 8.78 Å². The van der Waals surface area contributed by atoms with Gasteiger partial charge in [-0.2, -0.15) is 8.78 Å². The minimum absolute atomic E-state index is 0.0749. The summed E-state index contributed by atoms with van der Waals surface area (Å²) in [6.07, 6.45) is 0.844. The first-order chi connectivity index (χ1) is 13.1. The van der Waals surface area contributed by atoms with E-state index in [1.165, 1.54) is 34.1 Å². The average molecular weight is 392 g/mol. The van der Waals surface area contributed by atoms with Crippen LogP contribution in [0, 0.1) is 0 Å². The van der Waals surface area contributed by atoms with Crippen molar-refractivity contribution in [3.63, 3.8) is 0 Å². The lowest BCUT2D eigenvalue weighted by Crippen LogP contribution is -2.11. The number of hydrogen-bond donors (Lipinski definition) is 1. The van der Waals surface area contributed by atoms with Crippen LogP contribution in [0.2, 0.25) is 0 Å². The zero-order valence-corrected chi connectivity index (χ0v) is 15.3. The summed E-state index contributed by atoms with van der Waals surface area (Å²) in [5.41, 5.74) is 1.84. The van der Waals surface area contributed by atoms with Crippen LogP contribution in [-0.4, -0.2) is 34.3 Å². The molecule has 0 atom stereocenters. The number of alkyl halides is 2. The molecule has 0 aliphatic heterocycles. The molecule has 0 radical (unpaired) electrons. The molecule has 0 amide bonds. The van der Waals surface area contributed by atoms with Gasteiger partial charge in [-0.05, 0) is 48.4 Å². The number of thioether (sulfide) groups is 1. The molecule has 1 heterocycles. The monoisotopic (exact) mass is 392 g/mol. The summed E-state index contributed by atoms with van der Waals surface area (Å²) in [4.78, 5) is 0. The molecule has 3 rings (SSSR count). The SMILES string of the molecule is COc1ccc(CCSc2nnc(-c3ccc(OC(F)F)cc3)n2N)cc1. The van der Waals surface area contributed by atoms with Crippen molar-refractivity contribution < 1.29 is 18.3 Å². The Balaban J connectivity index is 1.61. The van der Waals surface area contributed by atoms with Crippen LogP contribution in [0.5, 0.6) is 11.5 Å². The maximum atomic E-state index is 12.2. The highest BCUT2D eigenvalue weighted by atomic mass is 32.2. The molecule has 0 aliphatic rings. The van der Waals surface area contributed by atoms with Gasteiger partial charge in [0.25, 0.3) is 0 Å². The van der Waals surface area contributed by atoms with Gasteiger partial charge in [0, 0.05) is 11.3 Å². The number of rotatable bonds is 8. The molecule has 27 heavy (non-hydrogen) atoms. The van der Waals surface area contributed by atoms with Gasteiger partial charge in [-0.1, -0.05) is 23.9 Å². The summed E-state index contributed by atoms with van der Waals surface area (Å²) in [6.45, 7) is -2.86. The van der Waals surface area contributed by atoms with Crippen LogP contribution < -0.4 is 15.3 Å². The van der Waals surface area contributed by atoms with Gasteiger partial charge in [0.1, 0.15) is 11.5 Å². The molecule has 0 saturated carbocycles. The number of aromatic nitrogens is 3. The third-order valence-corrected chi connectivity index (χ3v) is 4.73. The molecule has 2 aromatic carbocycles. The molecule has 0 saturated heterocycles. The first kappa shape index (κ1) is 19.0. The minimum Gasteiger partial charge on any atom is -0.497 e. The summed E-state index contributed by atoms with van der Waals surface area (Å²) in [5, 5.41) is 8.76. The quantitative estimate of drug-likeness (QED) is 0.466. The van der Waals surface area contributed by atoms with Crippen LogP contribution in [-0.2, 0) is 6.42 Å². The molecule has 2 N–H and O–H groups in total. The van der Waals surface area contributed by atoms with E-state index in [1.54, 1.807) is 19.2 Å². The second-order valence-corrected chi connectivity index (χ2v) is 6.59. The number of benzene rings is 2. The largest absolute Gasteiger partial charge is 0.497 e. The number of hydrogen-bond acceptors (Lipinski definition) is 6. The molecule has 0 fully saturated rings. The van der Waals surface area contributed by atoms with E-state index < -0.39 is 6.61 Å². The Kier molecular flexibility index (Phi) is 6.12. The van der Waals surface area contributed by atoms with Gasteiger partial charge in [0.15, 0.2) is 5.82 Å². The summed E-state index contributed by atoms with van der Waals surface area (Å²) >= 11 is 1.49. The number of nitrogens with two attached hydrogens (primary N) is 1. The van der Waals surface area contributed by atoms with E-state index in [-0.39, 0.29) is 5.75 Å². The van der Waals surface area contributed by atoms with E-state index in [4.69, 9.17) is 10.6 Å². The number of nitrogen functional groups attached to an aromatic ring is 1. The lowest BCUT2D eigenvalue weighted by molar-refractivity contribution is -0.0498. The fraction of sp³-hybridized carbons (Fsp3) is 0.222. The van der Waals surface area contributed by atoms with Gasteiger partial charge in [-0.3, -0.25) is 0 Å². The van der Waals surface area contributed by atoms with Gasteiger partial charge in [-0.25, -0.2) is 4.68 Å². The molecule has 142 valence electrons. The molecular weight excluding hydrogens is 374 g/mol. The van der Waals surface area contributed by atoms with Crippen molar-refractivity contribution in [3.05, 3.63) is 54.1 Å². The highest BCUT2D eigenvalue weighted by Crippen LogP contribution is 2.25. The Hall–Kier alpha value is -2.81. The average Bonchev–Trinajstić information content (AvgIpc) is 3.03. The molecule has 9 heteroatoms. The lowest BCUT2D eigenvalue weighted by Gasteiger charge is -2.06. The number of aryl methyl sites for hydroxylation is 1. The second kappa shape index (κ2) is 8.72. The topological polar surface area (TPSA) is 75.2 Å². The van der Waals surface area contributed by atoms with E-state index in [1.807, 2.05) is 24.3 Å². The minimum atomic E-state index is -2.86. The molecule has 1 aromatic heterocycles. The van der Waals surface area contributed by atoms with Crippen molar-refractivity contribution in [2.45, 2.75) is 18.2 Å². The number of ether oxygens (including phenoxy) is 2. The van der Waals surface area contributed by atoms with Crippen molar-refractivity contribution in [1.29, 1.82) is 0 Å². The maximum absolute atomic E-state index is 12.2. The Morgan fingerprint density at radius 3 is 2.33 bits per heavy atom. The third-order valence-electron chi connectivity index (χ3n) is 3.78. The van der Waals surface area contributed by atoms with Crippen LogP contribution in [0.25, 0.3) is 11.4 Å². The van der Waals surface area contributed by atoms with Crippen LogP contribution in [0.3, 0.4) is 0 Å². The van der Waals surface area contributed by atoms with Crippen LogP contribution >= 0.6 is 11.8 Å². The Bertz CT molecular complexity index is 870. The maximum Gasteiger partial charge on any atom is 0.387 e. The summed E-state index contributed by atoms with van der Waals surface area (Å²) in [7, 11) is 1.63. The molecular formula is C18H18F2N4O2S. The van der Waals surface area contributed by atoms with E-state index >= 15 is 0 Å². The van der Waals surface area contributed by atoms with Gasteiger partial charge in [-0.15, -0.1) is 10.2 Å². The molecule has 0 bridgehead atoms. The number of halogens is 2. The summed E-state index contributed by atoms with van der Waals surface area (Å²) in [5.74, 6) is 8.20. The Labute approximate surface area is 159 Å². The van der Waals surface area contributed by atoms with E-state index in [0.29, 0.717) is 16.5 Å². The van der Waals surface area contributed by atoms with Crippen molar-refractivity contribution in [1.82, 2.24) is 14.9 Å². The number of methoxy groups -OCH3 is 1. The van der Waals surface area contributed by atoms with E-state index in [0.717, 1.165) is 17.9 Å². The molecule has 0 unspecified atom stereocenters. The first-order valence-electron chi connectivity index (χ1n) is 8.08.